The van der Waals surface area contributed by atoms with Gasteiger partial charge in [0, 0.05) is 28.6 Å². The molecular weight excluding hydrogens is 771 g/mol. The van der Waals surface area contributed by atoms with E-state index in [0.29, 0.717) is 0 Å². The van der Waals surface area contributed by atoms with Gasteiger partial charge in [0.25, 0.3) is 0 Å². The van der Waals surface area contributed by atoms with E-state index in [0.717, 1.165) is 5.39 Å². The molecule has 1 aromatic heterocycles. The van der Waals surface area contributed by atoms with Gasteiger partial charge in [-0.2, -0.15) is 0 Å². The minimum absolute atomic E-state index is 0.0294. The Labute approximate surface area is 374 Å². The van der Waals surface area contributed by atoms with Gasteiger partial charge in [0.2, 0.25) is 0 Å². The van der Waals surface area contributed by atoms with E-state index < -0.39 is 0 Å². The molecule has 1 heteroatoms. The zero-order valence-corrected chi connectivity index (χ0v) is 36.5. The van der Waals surface area contributed by atoms with Gasteiger partial charge in [-0.05, 0) is 169 Å². The summed E-state index contributed by atoms with van der Waals surface area (Å²) in [6.07, 6.45) is 4.00. The molecule has 10 aromatic carbocycles. The van der Waals surface area contributed by atoms with Crippen LogP contribution in [0.1, 0.15) is 49.9 Å². The van der Waals surface area contributed by atoms with E-state index in [-0.39, 0.29) is 10.8 Å². The van der Waals surface area contributed by atoms with E-state index in [9.17, 15) is 0 Å². The maximum atomic E-state index is 4.73. The molecule has 13 rings (SSSR count). The van der Waals surface area contributed by atoms with E-state index in [4.69, 9.17) is 4.98 Å². The average Bonchev–Trinajstić information content (AvgIpc) is 3.71. The highest BCUT2D eigenvalue weighted by atomic mass is 14.6. The van der Waals surface area contributed by atoms with Crippen LogP contribution in [0.5, 0.6) is 0 Å². The van der Waals surface area contributed by atoms with Gasteiger partial charge in [0.1, 0.15) is 0 Å². The summed E-state index contributed by atoms with van der Waals surface area (Å²) in [5.41, 5.74) is 20.9. The Morgan fingerprint density at radius 2 is 0.656 bits per heavy atom. The van der Waals surface area contributed by atoms with Crippen LogP contribution >= 0.6 is 0 Å². The molecule has 0 bridgehead atoms. The highest BCUT2D eigenvalue weighted by molar-refractivity contribution is 6.22. The van der Waals surface area contributed by atoms with E-state index in [1.54, 1.807) is 0 Å². The molecule has 0 fully saturated rings. The molecule has 0 amide bonds. The van der Waals surface area contributed by atoms with Crippen molar-refractivity contribution in [3.05, 3.63) is 223 Å². The fraction of sp³-hybridized carbons (Fsp3) is 0.0952. The summed E-state index contributed by atoms with van der Waals surface area (Å²) in [7, 11) is 0. The fourth-order valence-electron chi connectivity index (χ4n) is 11.6. The number of aromatic nitrogens is 1. The molecule has 302 valence electrons. The van der Waals surface area contributed by atoms with Crippen LogP contribution in [-0.2, 0) is 10.8 Å². The first-order valence-corrected chi connectivity index (χ1v) is 22.6. The number of rotatable bonds is 4. The zero-order valence-electron chi connectivity index (χ0n) is 36.5. The van der Waals surface area contributed by atoms with Gasteiger partial charge in [0.15, 0.2) is 0 Å². The number of nitrogens with zero attached hydrogens (tertiary/aromatic N) is 1. The number of benzene rings is 10. The van der Waals surface area contributed by atoms with Gasteiger partial charge in [-0.15, -0.1) is 0 Å². The highest BCUT2D eigenvalue weighted by Gasteiger charge is 2.36. The van der Waals surface area contributed by atoms with Crippen LogP contribution in [0.15, 0.2) is 200 Å². The Hall–Kier alpha value is -7.61. The van der Waals surface area contributed by atoms with Crippen molar-refractivity contribution in [3.63, 3.8) is 0 Å². The molecule has 0 aliphatic heterocycles. The normalized spacial score (nSPS) is 14.2. The highest BCUT2D eigenvalue weighted by Crippen LogP contribution is 2.51. The lowest BCUT2D eigenvalue weighted by molar-refractivity contribution is 0.660. The molecule has 0 unspecified atom stereocenters. The first kappa shape index (κ1) is 37.0. The van der Waals surface area contributed by atoms with Crippen molar-refractivity contribution in [1.29, 1.82) is 0 Å². The molecule has 64 heavy (non-hydrogen) atoms. The second-order valence-electron chi connectivity index (χ2n) is 19.1. The lowest BCUT2D eigenvalue weighted by Crippen LogP contribution is -2.14. The maximum Gasteiger partial charge on any atom is 0.0353 e. The topological polar surface area (TPSA) is 12.9 Å². The van der Waals surface area contributed by atoms with Crippen molar-refractivity contribution in [2.75, 3.05) is 0 Å². The SMILES string of the molecule is CC1(C)c2ccccc2-c2ccc(-c3ccc4cc(-c5c6ccccc6c(-c6ccc7cc(-c8ccc9c(c8)C(C)(C)c8ccccc8-9)ccc7c6)c6cnccc56)ccc4c3)cc21. The molecule has 0 saturated heterocycles. The van der Waals surface area contributed by atoms with Crippen LogP contribution < -0.4 is 0 Å². The Morgan fingerprint density at radius 1 is 0.297 bits per heavy atom. The standard InChI is InChI=1S/C63H45N/c1-62(2)56-15-9-7-11-48(56)50-27-25-44(35-58(50)62)40-17-19-42-33-46(23-21-38(42)31-40)60-52-13-5-6-14-53(52)61(55-37-64-30-29-54(55)60)47-24-22-39-32-41(18-20-43(39)34-47)45-26-28-51-49-12-8-10-16-57(49)63(3,4)59(51)36-45/h5-37H,1-4H3. The van der Waals surface area contributed by atoms with Crippen molar-refractivity contribution in [2.24, 2.45) is 0 Å². The molecule has 1 nitrogen and oxygen atoms in total. The first-order chi connectivity index (χ1) is 31.2. The molecular formula is C63H45N. The predicted octanol–water partition coefficient (Wildman–Crippen LogP) is 17.0. The molecule has 0 atom stereocenters. The predicted molar refractivity (Wildman–Crippen MR) is 271 cm³/mol. The lowest BCUT2D eigenvalue weighted by atomic mass is 9.81. The van der Waals surface area contributed by atoms with Crippen molar-refractivity contribution >= 4 is 43.1 Å². The Balaban J connectivity index is 0.876. The minimum Gasteiger partial charge on any atom is -0.264 e. The first-order valence-electron chi connectivity index (χ1n) is 22.6. The van der Waals surface area contributed by atoms with E-state index in [2.05, 4.69) is 222 Å². The van der Waals surface area contributed by atoms with Crippen LogP contribution in [0, 0.1) is 0 Å². The third-order valence-electron chi connectivity index (χ3n) is 14.9. The minimum atomic E-state index is -0.0301. The number of fused-ring (bicyclic) bond motifs is 10. The number of hydrogen-bond donors (Lipinski definition) is 0. The monoisotopic (exact) mass is 815 g/mol. The third-order valence-corrected chi connectivity index (χ3v) is 14.9. The van der Waals surface area contributed by atoms with Crippen LogP contribution in [-0.4, -0.2) is 4.98 Å². The van der Waals surface area contributed by atoms with Gasteiger partial charge >= 0.3 is 0 Å². The third kappa shape index (κ3) is 5.34. The van der Waals surface area contributed by atoms with Crippen molar-refractivity contribution in [1.82, 2.24) is 4.98 Å². The van der Waals surface area contributed by atoms with Gasteiger partial charge in [0.05, 0.1) is 0 Å². The van der Waals surface area contributed by atoms with Crippen LogP contribution in [0.2, 0.25) is 0 Å². The molecule has 0 radical (unpaired) electrons. The fourth-order valence-corrected chi connectivity index (χ4v) is 11.6. The zero-order chi connectivity index (χ0) is 42.9. The Kier molecular flexibility index (Phi) is 7.77. The van der Waals surface area contributed by atoms with Crippen molar-refractivity contribution in [2.45, 2.75) is 38.5 Å². The molecule has 0 N–H and O–H groups in total. The summed E-state index contributed by atoms with van der Waals surface area (Å²) in [6, 6.07) is 70.7. The summed E-state index contributed by atoms with van der Waals surface area (Å²) in [5.74, 6) is 0. The molecule has 0 spiro atoms. The molecule has 11 aromatic rings. The summed E-state index contributed by atoms with van der Waals surface area (Å²) in [5, 5.41) is 9.76. The van der Waals surface area contributed by atoms with Crippen LogP contribution in [0.3, 0.4) is 0 Å². The maximum absolute atomic E-state index is 4.73. The second-order valence-corrected chi connectivity index (χ2v) is 19.1. The van der Waals surface area contributed by atoms with E-state index in [1.807, 2.05) is 6.20 Å². The van der Waals surface area contributed by atoms with E-state index >= 15 is 0 Å². The van der Waals surface area contributed by atoms with Gasteiger partial charge < -0.3 is 0 Å². The Morgan fingerprint density at radius 3 is 1.16 bits per heavy atom. The van der Waals surface area contributed by atoms with Gasteiger partial charge in [-0.1, -0.05) is 173 Å². The lowest BCUT2D eigenvalue weighted by Gasteiger charge is -2.22. The Bertz CT molecular complexity index is 3480. The summed E-state index contributed by atoms with van der Waals surface area (Å²) in [6.45, 7) is 9.41. The van der Waals surface area contributed by atoms with Crippen LogP contribution in [0.4, 0.5) is 0 Å². The average molecular weight is 816 g/mol. The van der Waals surface area contributed by atoms with Crippen molar-refractivity contribution < 1.29 is 0 Å². The number of hydrogen-bond acceptors (Lipinski definition) is 1. The smallest absolute Gasteiger partial charge is 0.0353 e. The molecule has 2 aliphatic rings. The summed E-state index contributed by atoms with van der Waals surface area (Å²) >= 11 is 0. The van der Waals surface area contributed by atoms with Crippen LogP contribution in [0.25, 0.3) is 110 Å². The van der Waals surface area contributed by atoms with Crippen molar-refractivity contribution in [3.8, 4) is 66.8 Å². The second kappa shape index (κ2) is 13.4. The largest absolute Gasteiger partial charge is 0.264 e. The molecule has 2 aliphatic carbocycles. The molecule has 0 saturated carbocycles. The number of pyridine rings is 1. The van der Waals surface area contributed by atoms with Gasteiger partial charge in [-0.3, -0.25) is 4.98 Å². The van der Waals surface area contributed by atoms with E-state index in [1.165, 1.54) is 127 Å². The summed E-state index contributed by atoms with van der Waals surface area (Å²) < 4.78 is 0. The van der Waals surface area contributed by atoms with Gasteiger partial charge in [-0.25, -0.2) is 0 Å². The summed E-state index contributed by atoms with van der Waals surface area (Å²) in [4.78, 5) is 4.73. The quantitative estimate of drug-likeness (QED) is 0.161. The molecule has 1 heterocycles.